The Bertz CT molecular complexity index is 5800. The van der Waals surface area contributed by atoms with E-state index in [9.17, 15) is 49.2 Å². The van der Waals surface area contributed by atoms with Gasteiger partial charge in [0.15, 0.2) is 23.7 Å². The number of para-hydroxylation sites is 2. The number of H-pyrrole nitrogens is 3. The van der Waals surface area contributed by atoms with E-state index in [0.29, 0.717) is 61.6 Å². The monoisotopic (exact) mass is 1900 g/mol. The molecule has 0 unspecified atom stereocenters. The number of amides is 10. The van der Waals surface area contributed by atoms with Crippen LogP contribution in [0.1, 0.15) is 82.4 Å². The summed E-state index contributed by atoms with van der Waals surface area (Å²) >= 11 is 0. The van der Waals surface area contributed by atoms with E-state index in [4.69, 9.17) is 33.8 Å². The third-order valence-electron chi connectivity index (χ3n) is 23.8. The minimum atomic E-state index is -1.94. The van der Waals surface area contributed by atoms with Gasteiger partial charge < -0.3 is 116 Å². The third-order valence-corrected chi connectivity index (χ3v) is 23.8. The quantitative estimate of drug-likeness (QED) is 0.00844. The van der Waals surface area contributed by atoms with E-state index in [-0.39, 0.29) is 141 Å². The molecule has 0 radical (unpaired) electrons. The number of carbonyl (C=O) groups is 14. The zero-order chi connectivity index (χ0) is 98.9. The number of aliphatic imine (C=N–C) groups is 1. The summed E-state index contributed by atoms with van der Waals surface area (Å²) in [5.41, 5.74) is 26.9. The molecule has 10 amide bonds. The van der Waals surface area contributed by atoms with Gasteiger partial charge in [0.05, 0.1) is 39.1 Å². The first-order valence-electron chi connectivity index (χ1n) is 45.2. The van der Waals surface area contributed by atoms with Crippen molar-refractivity contribution in [3.8, 4) is 0 Å². The lowest BCUT2D eigenvalue weighted by atomic mass is 9.98. The molecule has 3 aromatic heterocycles. The number of aromatic nitrogens is 4. The molecule has 0 saturated carbocycles. The van der Waals surface area contributed by atoms with Gasteiger partial charge in [0.1, 0.15) is 54.4 Å². The number of aliphatic hydroxyl groups is 1. The van der Waals surface area contributed by atoms with Crippen molar-refractivity contribution in [3.05, 3.63) is 210 Å². The number of carbonyl (C=O) groups excluding carboxylic acids is 11. The maximum absolute atomic E-state index is 15.5. The number of carboxylic acid groups (broad SMARTS) is 3. The fourth-order valence-electron chi connectivity index (χ4n) is 16.7. The van der Waals surface area contributed by atoms with Crippen LogP contribution in [0.5, 0.6) is 0 Å². The van der Waals surface area contributed by atoms with Crippen molar-refractivity contribution in [1.82, 2.24) is 97.6 Å². The van der Waals surface area contributed by atoms with Gasteiger partial charge in [0.2, 0.25) is 53.2 Å². The van der Waals surface area contributed by atoms with E-state index in [0.717, 1.165) is 10.8 Å². The van der Waals surface area contributed by atoms with Crippen LogP contribution in [-0.2, 0) is 94.4 Å². The number of likely N-dealkylation sites (tertiary alicyclic amines) is 1. The van der Waals surface area contributed by atoms with Gasteiger partial charge in [-0.3, -0.25) is 97.5 Å². The van der Waals surface area contributed by atoms with Crippen LogP contribution < -0.4 is 76.1 Å². The van der Waals surface area contributed by atoms with Crippen molar-refractivity contribution in [2.24, 2.45) is 27.9 Å². The Morgan fingerprint density at radius 1 is 0.435 bits per heavy atom. The molecule has 9 atom stereocenters. The van der Waals surface area contributed by atoms with Crippen LogP contribution in [0.2, 0.25) is 0 Å². The van der Waals surface area contributed by atoms with E-state index in [2.05, 4.69) is 78.1 Å². The van der Waals surface area contributed by atoms with Gasteiger partial charge in [-0.25, -0.2) is 4.98 Å². The number of aromatic amines is 3. The number of ketones is 1. The molecule has 0 spiro atoms. The van der Waals surface area contributed by atoms with Gasteiger partial charge in [-0.2, -0.15) is 4.99 Å². The molecule has 0 bridgehead atoms. The van der Waals surface area contributed by atoms with Crippen molar-refractivity contribution in [2.75, 3.05) is 105 Å². The molecule has 2 aliphatic heterocycles. The normalized spacial score (nSPS) is 15.8. The lowest BCUT2D eigenvalue weighted by Crippen LogP contribution is -2.61. The topological polar surface area (TPSA) is 681 Å². The molecular formula is C94H118N26O18. The number of aliphatic hydroxyl groups excluding tert-OH is 1. The second-order valence-corrected chi connectivity index (χ2v) is 33.9. The average Bonchev–Trinajstić information content (AvgIpc) is 1.68. The predicted molar refractivity (Wildman–Crippen MR) is 509 cm³/mol. The van der Waals surface area contributed by atoms with Crippen molar-refractivity contribution >= 4 is 133 Å². The Hall–Kier alpha value is -15.5. The van der Waals surface area contributed by atoms with Crippen molar-refractivity contribution in [3.63, 3.8) is 0 Å². The molecule has 6 aromatic carbocycles. The number of rotatable bonds is 46. The third kappa shape index (κ3) is 31.0. The van der Waals surface area contributed by atoms with E-state index < -0.39 is 188 Å². The van der Waals surface area contributed by atoms with Crippen LogP contribution in [0.15, 0.2) is 176 Å². The number of carboxylic acids is 3. The second kappa shape index (κ2) is 50.7. The van der Waals surface area contributed by atoms with E-state index >= 15 is 38.4 Å². The number of nitrogens with two attached hydrogens (primary N) is 4. The number of hydrogen-bond donors (Lipinski definition) is 23. The van der Waals surface area contributed by atoms with E-state index in [1.165, 1.54) is 17.4 Å². The van der Waals surface area contributed by atoms with Gasteiger partial charge in [0.25, 0.3) is 5.91 Å². The zero-order valence-corrected chi connectivity index (χ0v) is 75.9. The fraction of sp³-hybridized carbons (Fsp3) is 0.383. The van der Waals surface area contributed by atoms with Crippen LogP contribution in [0.4, 0.5) is 0 Å². The lowest BCUT2D eigenvalue weighted by Gasteiger charge is -2.33. The zero-order valence-electron chi connectivity index (χ0n) is 75.9. The predicted octanol–water partition coefficient (Wildman–Crippen LogP) is -2.07. The largest absolute Gasteiger partial charge is 0.480 e. The van der Waals surface area contributed by atoms with Crippen LogP contribution in [-0.4, -0.2) is 325 Å². The first-order chi connectivity index (χ1) is 66.3. The van der Waals surface area contributed by atoms with Gasteiger partial charge in [-0.1, -0.05) is 133 Å². The Kier molecular flexibility index (Phi) is 37.8. The van der Waals surface area contributed by atoms with Crippen LogP contribution >= 0.6 is 0 Å². The van der Waals surface area contributed by atoms with E-state index in [1.807, 2.05) is 36.4 Å². The SMILES string of the molecule is N=C(N)NCCC[C@H](NC(=O)[C@H](Cc1ccc2ccccc2c1)NC(=O)CN1CCN(CC(=O)O)CCN(CC(=O)O)CCN(CC(=O)O)CC1)C(=O)N[C@@H](Cc1c[nH]c2ccccc12)C(=O)N[C@@H](CO)C(=O)N[C@@H](Cc1cnc[nH]1)C(=O)N[C@H](CCCNC(=N)N)C(=O)N[C@@H](Cc1c[nH]c2ccccc12)C(=O)N[C@H](Cc1ccc(C(=O)c2ccccc2)cc1)C(=O)N1CCC[C@H]1C(=O)N=C(N)N. The van der Waals surface area contributed by atoms with Gasteiger partial charge in [-0.15, -0.1) is 0 Å². The summed E-state index contributed by atoms with van der Waals surface area (Å²) in [5.74, 6) is -14.4. The molecule has 27 N–H and O–H groups in total. The van der Waals surface area contributed by atoms with Crippen molar-refractivity contribution in [2.45, 2.75) is 125 Å². The summed E-state index contributed by atoms with van der Waals surface area (Å²) in [6.07, 6.45) is 4.62. The highest BCUT2D eigenvalue weighted by atomic mass is 16.4. The molecule has 732 valence electrons. The summed E-state index contributed by atoms with van der Waals surface area (Å²) in [5, 5.41) is 86.8. The minimum Gasteiger partial charge on any atom is -0.480 e. The first kappa shape index (κ1) is 103. The maximum Gasteiger partial charge on any atom is 0.317 e. The first-order valence-corrected chi connectivity index (χ1v) is 45.2. The average molecular weight is 1900 g/mol. The lowest BCUT2D eigenvalue weighted by molar-refractivity contribution is -0.141. The summed E-state index contributed by atoms with van der Waals surface area (Å²) in [7, 11) is 0. The number of fused-ring (bicyclic) bond motifs is 3. The smallest absolute Gasteiger partial charge is 0.317 e. The van der Waals surface area contributed by atoms with Gasteiger partial charge >= 0.3 is 17.9 Å². The summed E-state index contributed by atoms with van der Waals surface area (Å²) in [6, 6.07) is 27.6. The summed E-state index contributed by atoms with van der Waals surface area (Å²) in [6.45, 7) is -2.18. The number of nitrogens with zero attached hydrogens (tertiary/aromatic N) is 7. The Morgan fingerprint density at radius 2 is 0.848 bits per heavy atom. The second-order valence-electron chi connectivity index (χ2n) is 33.9. The number of hydrogen-bond acceptors (Lipinski definition) is 22. The summed E-state index contributed by atoms with van der Waals surface area (Å²) < 4.78 is 0. The maximum atomic E-state index is 15.5. The summed E-state index contributed by atoms with van der Waals surface area (Å²) in [4.78, 5) is 226. The Morgan fingerprint density at radius 3 is 1.33 bits per heavy atom. The minimum absolute atomic E-state index is 0.0110. The van der Waals surface area contributed by atoms with Crippen LogP contribution in [0.25, 0.3) is 32.6 Å². The number of benzene rings is 6. The molecule has 9 aromatic rings. The van der Waals surface area contributed by atoms with Gasteiger partial charge in [0, 0.05) is 161 Å². The van der Waals surface area contributed by atoms with Gasteiger partial charge in [-0.05, 0) is 83.7 Å². The standard InChI is InChI=1S/C94H118N26O18/c95-92(96)102-30-10-21-69(108-85(132)71(43-57-26-27-58-13-4-5-16-61(58)41-57)107-78(122)50-116-33-35-117(51-79(123)124)37-39-119(53-81(127)128)40-38-118(36-34-116)52-80(125)126)83(130)111-73(45-63-48-105-68-20-9-7-18-66(63)68)87(134)114-76(54-121)89(136)112-74(46-64-49-101-55-106-64)88(135)109-70(22-11-31-103-93(97)98)84(131)110-72(44-62-47-104-67-19-8-6-17-65(62)67)86(133)113-75(91(138)120-32-12-23-77(120)90(137)115-94(99)100)42-56-24-28-60(29-25-56)82(129)59-14-2-1-3-15-59/h1-9,13-20,24-29,41,47-49,55,69-77,104-105,121H,10-12,21-23,30-40,42-46,50-54H2,(H,101,106)(H,107,122)(H,108,132)(H,109,135)(H,110,131)(H,111,130)(H,112,136)(H,113,133)(H,114,134)(H,123,124)(H,125,126)(H,127,128)(H4,95,96,102)(H4,97,98,103)(H4,99,100,115,137)/t69-,70+,71-,72-,73-,74-,75+,76-,77-/m0/s1. The number of nitrogens with one attached hydrogen (secondary N) is 15. The molecular weight excluding hydrogens is 1780 g/mol. The Labute approximate surface area is 792 Å². The molecule has 44 heteroatoms. The number of imidazole rings is 1. The molecule has 2 saturated heterocycles. The molecule has 44 nitrogen and oxygen atoms in total. The highest BCUT2D eigenvalue weighted by Crippen LogP contribution is 2.26. The molecule has 138 heavy (non-hydrogen) atoms. The molecule has 2 aliphatic rings. The Balaban J connectivity index is 0.855. The molecule has 0 aliphatic carbocycles. The molecule has 2 fully saturated rings. The highest BCUT2D eigenvalue weighted by Gasteiger charge is 2.41. The van der Waals surface area contributed by atoms with E-state index in [1.54, 1.807) is 141 Å². The highest BCUT2D eigenvalue weighted by molar-refractivity contribution is 6.09. The molecule has 11 rings (SSSR count). The van der Waals surface area contributed by atoms with Crippen molar-refractivity contribution < 1.29 is 87.5 Å². The van der Waals surface area contributed by atoms with Crippen LogP contribution in [0, 0.1) is 10.8 Å². The fourth-order valence-corrected chi connectivity index (χ4v) is 16.7. The van der Waals surface area contributed by atoms with Crippen LogP contribution in [0.3, 0.4) is 0 Å². The number of guanidine groups is 3. The molecule has 5 heterocycles. The van der Waals surface area contributed by atoms with Crippen molar-refractivity contribution in [1.29, 1.82) is 10.8 Å². The number of aliphatic carboxylic acids is 3.